The summed E-state index contributed by atoms with van der Waals surface area (Å²) in [6.45, 7) is 0.871. The van der Waals surface area contributed by atoms with E-state index >= 15 is 0 Å². The van der Waals surface area contributed by atoms with Crippen LogP contribution in [0.2, 0.25) is 0 Å². The van der Waals surface area contributed by atoms with Gasteiger partial charge in [-0.25, -0.2) is 18.1 Å². The Labute approximate surface area is 302 Å². The van der Waals surface area contributed by atoms with E-state index in [0.29, 0.717) is 42.4 Å². The Balaban J connectivity index is 1.06. The van der Waals surface area contributed by atoms with Gasteiger partial charge in [0.1, 0.15) is 22.4 Å². The highest BCUT2D eigenvalue weighted by atomic mass is 32.2. The summed E-state index contributed by atoms with van der Waals surface area (Å²) in [4.78, 5) is 30.5. The Bertz CT molecular complexity index is 2020. The van der Waals surface area contributed by atoms with Crippen molar-refractivity contribution in [2.45, 2.75) is 17.2 Å². The number of benzene rings is 4. The van der Waals surface area contributed by atoms with Crippen molar-refractivity contribution in [1.29, 1.82) is 0 Å². The van der Waals surface area contributed by atoms with E-state index in [2.05, 4.69) is 0 Å². The molecule has 8 nitrogen and oxygen atoms in total. The number of hydrogen-bond acceptors (Lipinski definition) is 6. The second-order valence-corrected chi connectivity index (χ2v) is 14.4. The fourth-order valence-electron chi connectivity index (χ4n) is 6.54. The molecule has 2 saturated heterocycles. The van der Waals surface area contributed by atoms with Crippen LogP contribution < -0.4 is 0 Å². The normalized spacial score (nSPS) is 17.5. The molecule has 12 heteroatoms. The fraction of sp³-hybridized carbons (Fsp3) is 0.179. The Hall–Kier alpha value is -5.20. The summed E-state index contributed by atoms with van der Waals surface area (Å²) in [7, 11) is 0. The van der Waals surface area contributed by atoms with Gasteiger partial charge in [-0.15, -0.1) is 23.5 Å². The molecule has 2 fully saturated rings. The second kappa shape index (κ2) is 14.2. The van der Waals surface area contributed by atoms with E-state index in [1.165, 1.54) is 24.3 Å². The first-order valence-corrected chi connectivity index (χ1v) is 18.7. The van der Waals surface area contributed by atoms with Gasteiger partial charge in [0.2, 0.25) is 11.8 Å². The first kappa shape index (κ1) is 33.0. The minimum absolute atomic E-state index is 0.0175. The molecule has 0 spiro atoms. The zero-order valence-corrected chi connectivity index (χ0v) is 28.9. The van der Waals surface area contributed by atoms with Gasteiger partial charge in [-0.2, -0.15) is 10.2 Å². The van der Waals surface area contributed by atoms with Crippen molar-refractivity contribution in [3.8, 4) is 33.9 Å². The molecule has 2 aliphatic heterocycles. The third-order valence-corrected chi connectivity index (χ3v) is 11.5. The van der Waals surface area contributed by atoms with Gasteiger partial charge in [0, 0.05) is 47.7 Å². The van der Waals surface area contributed by atoms with E-state index in [1.807, 2.05) is 82.9 Å². The number of amides is 2. The van der Waals surface area contributed by atoms with Crippen LogP contribution in [0, 0.1) is 11.6 Å². The molecule has 0 saturated carbocycles. The quantitative estimate of drug-likeness (QED) is 0.143. The van der Waals surface area contributed by atoms with E-state index in [0.717, 1.165) is 33.6 Å². The van der Waals surface area contributed by atoms with Crippen LogP contribution in [0.4, 0.5) is 8.78 Å². The molecule has 256 valence electrons. The Morgan fingerprint density at radius 2 is 0.961 bits per heavy atom. The van der Waals surface area contributed by atoms with Crippen LogP contribution in [0.15, 0.2) is 122 Å². The maximum Gasteiger partial charge on any atom is 0.233 e. The minimum atomic E-state index is -0.333. The molecular formula is C39H32F2N6O2S2. The van der Waals surface area contributed by atoms with E-state index in [1.54, 1.807) is 57.2 Å². The molecule has 8 rings (SSSR count). The first-order chi connectivity index (χ1) is 24.9. The van der Waals surface area contributed by atoms with Gasteiger partial charge < -0.3 is 9.80 Å². The average molecular weight is 719 g/mol. The lowest BCUT2D eigenvalue weighted by molar-refractivity contribution is -0.128. The maximum atomic E-state index is 13.9. The maximum absolute atomic E-state index is 13.9. The molecule has 0 bridgehead atoms. The van der Waals surface area contributed by atoms with Crippen molar-refractivity contribution in [3.05, 3.63) is 144 Å². The van der Waals surface area contributed by atoms with Crippen LogP contribution in [0.5, 0.6) is 0 Å². The number of hydrogen-bond donors (Lipinski definition) is 0. The van der Waals surface area contributed by atoms with Crippen LogP contribution in [0.25, 0.3) is 33.9 Å². The van der Waals surface area contributed by atoms with Crippen LogP contribution in [-0.4, -0.2) is 65.8 Å². The largest absolute Gasteiger partial charge is 0.326 e. The lowest BCUT2D eigenvalue weighted by Crippen LogP contribution is -2.34. The molecule has 0 radical (unpaired) electrons. The van der Waals surface area contributed by atoms with Crippen LogP contribution in [0.3, 0.4) is 0 Å². The van der Waals surface area contributed by atoms with Gasteiger partial charge >= 0.3 is 0 Å². The summed E-state index contributed by atoms with van der Waals surface area (Å²) in [5.74, 6) is 0.0169. The summed E-state index contributed by atoms with van der Waals surface area (Å²) in [5, 5.41) is 9.20. The second-order valence-electron chi connectivity index (χ2n) is 12.3. The highest BCUT2D eigenvalue weighted by molar-refractivity contribution is 8.00. The zero-order chi connectivity index (χ0) is 34.9. The molecule has 51 heavy (non-hydrogen) atoms. The minimum Gasteiger partial charge on any atom is -0.326 e. The molecule has 2 aliphatic rings. The number of para-hydroxylation sites is 2. The van der Waals surface area contributed by atoms with Crippen molar-refractivity contribution in [3.63, 3.8) is 0 Å². The monoisotopic (exact) mass is 718 g/mol. The predicted octanol–water partition coefficient (Wildman–Crippen LogP) is 7.91. The zero-order valence-electron chi connectivity index (χ0n) is 27.3. The lowest BCUT2D eigenvalue weighted by Gasteiger charge is -2.27. The van der Waals surface area contributed by atoms with Gasteiger partial charge in [0.05, 0.1) is 34.3 Å². The number of carbonyl (C=O) groups excluding carboxylic acids is 2. The Morgan fingerprint density at radius 1 is 0.569 bits per heavy atom. The van der Waals surface area contributed by atoms with Crippen LogP contribution in [-0.2, 0) is 9.59 Å². The number of rotatable bonds is 10. The summed E-state index contributed by atoms with van der Waals surface area (Å²) in [6.07, 6.45) is 4.47. The molecule has 2 atom stereocenters. The molecule has 4 aromatic carbocycles. The number of aromatic nitrogens is 4. The van der Waals surface area contributed by atoms with Crippen molar-refractivity contribution >= 4 is 35.3 Å². The van der Waals surface area contributed by atoms with Crippen molar-refractivity contribution in [1.82, 2.24) is 29.4 Å². The predicted molar refractivity (Wildman–Crippen MR) is 196 cm³/mol. The molecule has 6 aromatic rings. The van der Waals surface area contributed by atoms with Gasteiger partial charge in [-0.05, 0) is 79.2 Å². The highest BCUT2D eigenvalue weighted by Gasteiger charge is 2.38. The lowest BCUT2D eigenvalue weighted by atomic mass is 10.1. The summed E-state index contributed by atoms with van der Waals surface area (Å²) in [6, 6.07) is 32.0. The van der Waals surface area contributed by atoms with E-state index in [4.69, 9.17) is 10.2 Å². The number of carbonyl (C=O) groups is 2. The molecule has 4 heterocycles. The Morgan fingerprint density at radius 3 is 1.35 bits per heavy atom. The first-order valence-electron chi connectivity index (χ1n) is 16.6. The van der Waals surface area contributed by atoms with Gasteiger partial charge in [0.15, 0.2) is 0 Å². The third-order valence-electron chi connectivity index (χ3n) is 9.03. The smallest absolute Gasteiger partial charge is 0.233 e. The molecule has 2 unspecified atom stereocenters. The fourth-order valence-corrected chi connectivity index (χ4v) is 8.99. The Kier molecular flexibility index (Phi) is 9.18. The van der Waals surface area contributed by atoms with E-state index < -0.39 is 0 Å². The van der Waals surface area contributed by atoms with Gasteiger partial charge in [-0.1, -0.05) is 36.4 Å². The number of nitrogens with zero attached hydrogens (tertiary/aromatic N) is 6. The van der Waals surface area contributed by atoms with E-state index in [9.17, 15) is 18.4 Å². The molecule has 2 amide bonds. The molecular weight excluding hydrogens is 687 g/mol. The number of thioether (sulfide) groups is 2. The van der Waals surface area contributed by atoms with Crippen LogP contribution >= 0.6 is 23.5 Å². The standard InChI is InChI=1S/C39H32F2N6O2S2/c40-28-16-12-26(13-17-28)36-32(22-46(42-36)30-8-3-1-4-9-30)38-44(34(48)24-50-38)20-7-21-45-35(49)25-51-39(45)33-23-47(31-10-5-2-6-11-31)43-37(33)27-14-18-29(41)19-15-27/h1-6,8-19,22-23,38-39H,7,20-21,24-25H2. The van der Waals surface area contributed by atoms with Crippen molar-refractivity contribution in [2.75, 3.05) is 24.6 Å². The van der Waals surface area contributed by atoms with E-state index in [-0.39, 0.29) is 34.2 Å². The molecule has 2 aromatic heterocycles. The van der Waals surface area contributed by atoms with Crippen LogP contribution in [0.1, 0.15) is 28.3 Å². The third kappa shape index (κ3) is 6.68. The summed E-state index contributed by atoms with van der Waals surface area (Å²) < 4.78 is 31.4. The summed E-state index contributed by atoms with van der Waals surface area (Å²) >= 11 is 3.08. The highest BCUT2D eigenvalue weighted by Crippen LogP contribution is 2.45. The van der Waals surface area contributed by atoms with Gasteiger partial charge in [0.25, 0.3) is 0 Å². The van der Waals surface area contributed by atoms with Crippen molar-refractivity contribution < 1.29 is 18.4 Å². The average Bonchev–Trinajstić information content (AvgIpc) is 3.96. The van der Waals surface area contributed by atoms with Gasteiger partial charge in [-0.3, -0.25) is 9.59 Å². The number of halogens is 2. The molecule has 0 aliphatic carbocycles. The summed E-state index contributed by atoms with van der Waals surface area (Å²) in [5.41, 5.74) is 6.37. The van der Waals surface area contributed by atoms with Crippen molar-refractivity contribution in [2.24, 2.45) is 0 Å². The molecule has 0 N–H and O–H groups in total. The topological polar surface area (TPSA) is 76.3 Å². The SMILES string of the molecule is O=C1CSC(c2cn(-c3ccccc3)nc2-c2ccc(F)cc2)N1CCCN1C(=O)CSC1c1cn(-c2ccccc2)nc1-c1ccc(F)cc1.